The van der Waals surface area contributed by atoms with Gasteiger partial charge in [0, 0.05) is 13.1 Å². The lowest BCUT2D eigenvalue weighted by Crippen LogP contribution is -2.50. The maximum absolute atomic E-state index is 12.9. The lowest BCUT2D eigenvalue weighted by molar-refractivity contribution is -0.132. The number of piperidine rings is 1. The van der Waals surface area contributed by atoms with Crippen LogP contribution in [0.2, 0.25) is 0 Å². The minimum Gasteiger partial charge on any atom is -0.484 e. The standard InChI is InChI=1S/C21H25N3O5S/c1-16-9-11-19(12-10-16)30(27,28)24-13-5-6-17(14-24)21(26)23-22-20(25)15-29-18-7-3-2-4-8-18/h2-4,7-12,17H,5-6,13-15H2,1H3,(H,22,25)(H,23,26)/t17-/m1/s1. The number of aryl methyl sites for hydroxylation is 1. The molecule has 0 aromatic heterocycles. The predicted octanol–water partition coefficient (Wildman–Crippen LogP) is 1.62. The lowest BCUT2D eigenvalue weighted by atomic mass is 9.99. The van der Waals surface area contributed by atoms with Gasteiger partial charge in [-0.1, -0.05) is 35.9 Å². The van der Waals surface area contributed by atoms with Crippen LogP contribution in [0, 0.1) is 12.8 Å². The molecule has 0 bridgehead atoms. The molecular formula is C21H25N3O5S. The summed E-state index contributed by atoms with van der Waals surface area (Å²) >= 11 is 0. The van der Waals surface area contributed by atoms with E-state index in [4.69, 9.17) is 4.74 Å². The number of hydrogen-bond acceptors (Lipinski definition) is 5. The molecule has 1 heterocycles. The van der Waals surface area contributed by atoms with E-state index >= 15 is 0 Å². The number of carbonyl (C=O) groups excluding carboxylic acids is 2. The third kappa shape index (κ3) is 5.58. The fourth-order valence-electron chi connectivity index (χ4n) is 3.17. The molecule has 9 heteroatoms. The molecule has 1 aliphatic rings. The number of rotatable bonds is 6. The van der Waals surface area contributed by atoms with Gasteiger partial charge >= 0.3 is 0 Å². The monoisotopic (exact) mass is 431 g/mol. The second-order valence-corrected chi connectivity index (χ2v) is 9.09. The quantitative estimate of drug-likeness (QED) is 0.677. The maximum atomic E-state index is 12.9. The maximum Gasteiger partial charge on any atom is 0.276 e. The Hall–Kier alpha value is -2.91. The molecule has 1 aliphatic heterocycles. The van der Waals surface area contributed by atoms with Gasteiger partial charge in [-0.2, -0.15) is 4.31 Å². The Morgan fingerprint density at radius 2 is 1.77 bits per heavy atom. The average Bonchev–Trinajstić information content (AvgIpc) is 2.77. The van der Waals surface area contributed by atoms with Crippen molar-refractivity contribution in [3.63, 3.8) is 0 Å². The van der Waals surface area contributed by atoms with E-state index in [9.17, 15) is 18.0 Å². The minimum atomic E-state index is -3.67. The highest BCUT2D eigenvalue weighted by Crippen LogP contribution is 2.24. The van der Waals surface area contributed by atoms with Crippen LogP contribution in [0.4, 0.5) is 0 Å². The highest BCUT2D eigenvalue weighted by Gasteiger charge is 2.33. The van der Waals surface area contributed by atoms with Gasteiger partial charge in [0.05, 0.1) is 10.8 Å². The first-order valence-corrected chi connectivity index (χ1v) is 11.1. The molecule has 0 saturated carbocycles. The summed E-state index contributed by atoms with van der Waals surface area (Å²) < 4.78 is 32.4. The Labute approximate surface area is 176 Å². The number of amides is 2. The molecule has 0 unspecified atom stereocenters. The van der Waals surface area contributed by atoms with Crippen molar-refractivity contribution in [3.8, 4) is 5.75 Å². The summed E-state index contributed by atoms with van der Waals surface area (Å²) in [6.07, 6.45) is 1.11. The van der Waals surface area contributed by atoms with Gasteiger partial charge in [0.1, 0.15) is 5.75 Å². The second-order valence-electron chi connectivity index (χ2n) is 7.15. The minimum absolute atomic E-state index is 0.0679. The van der Waals surface area contributed by atoms with Crippen molar-refractivity contribution >= 4 is 21.8 Å². The van der Waals surface area contributed by atoms with Gasteiger partial charge in [0.2, 0.25) is 15.9 Å². The summed E-state index contributed by atoms with van der Waals surface area (Å²) in [5.41, 5.74) is 5.65. The van der Waals surface area contributed by atoms with Gasteiger partial charge in [-0.15, -0.1) is 0 Å². The number of hydrogen-bond donors (Lipinski definition) is 2. The number of nitrogens with one attached hydrogen (secondary N) is 2. The first kappa shape index (κ1) is 21.8. The number of carbonyl (C=O) groups is 2. The van der Waals surface area contributed by atoms with E-state index < -0.39 is 27.8 Å². The van der Waals surface area contributed by atoms with Crippen LogP contribution in [0.3, 0.4) is 0 Å². The van der Waals surface area contributed by atoms with Crippen molar-refractivity contribution in [2.24, 2.45) is 5.92 Å². The molecular weight excluding hydrogens is 406 g/mol. The van der Waals surface area contributed by atoms with Crippen LogP contribution in [-0.2, 0) is 19.6 Å². The fraction of sp³-hybridized carbons (Fsp3) is 0.333. The topological polar surface area (TPSA) is 105 Å². The van der Waals surface area contributed by atoms with Gasteiger partial charge in [0.25, 0.3) is 5.91 Å². The van der Waals surface area contributed by atoms with Crippen molar-refractivity contribution in [1.29, 1.82) is 0 Å². The Kier molecular flexibility index (Phi) is 7.07. The van der Waals surface area contributed by atoms with Crippen molar-refractivity contribution in [2.45, 2.75) is 24.7 Å². The molecule has 2 aromatic carbocycles. The third-order valence-electron chi connectivity index (χ3n) is 4.85. The smallest absolute Gasteiger partial charge is 0.276 e. The summed E-state index contributed by atoms with van der Waals surface area (Å²) in [4.78, 5) is 24.5. The van der Waals surface area contributed by atoms with E-state index in [-0.39, 0.29) is 18.0 Å². The number of hydrazine groups is 1. The largest absolute Gasteiger partial charge is 0.484 e. The summed E-state index contributed by atoms with van der Waals surface area (Å²) in [7, 11) is -3.67. The van der Waals surface area contributed by atoms with E-state index in [0.29, 0.717) is 25.1 Å². The molecule has 2 amide bonds. The molecule has 2 N–H and O–H groups in total. The fourth-order valence-corrected chi connectivity index (χ4v) is 4.69. The normalized spacial score (nSPS) is 17.2. The zero-order valence-electron chi connectivity index (χ0n) is 16.7. The zero-order valence-corrected chi connectivity index (χ0v) is 17.5. The lowest BCUT2D eigenvalue weighted by Gasteiger charge is -2.31. The Morgan fingerprint density at radius 1 is 1.07 bits per heavy atom. The van der Waals surface area contributed by atoms with Gasteiger partial charge < -0.3 is 4.74 Å². The molecule has 1 fully saturated rings. The SMILES string of the molecule is Cc1ccc(S(=O)(=O)N2CCC[C@@H](C(=O)NNC(=O)COc3ccccc3)C2)cc1. The summed E-state index contributed by atoms with van der Waals surface area (Å²) in [6, 6.07) is 15.5. The van der Waals surface area contributed by atoms with Crippen LogP contribution in [0.5, 0.6) is 5.75 Å². The van der Waals surface area contributed by atoms with E-state index in [0.717, 1.165) is 5.56 Å². The summed E-state index contributed by atoms with van der Waals surface area (Å²) in [6.45, 7) is 2.06. The van der Waals surface area contributed by atoms with Crippen molar-refractivity contribution in [2.75, 3.05) is 19.7 Å². The molecule has 0 radical (unpaired) electrons. The van der Waals surface area contributed by atoms with Crippen LogP contribution >= 0.6 is 0 Å². The van der Waals surface area contributed by atoms with E-state index in [1.165, 1.54) is 4.31 Å². The van der Waals surface area contributed by atoms with Crippen molar-refractivity contribution in [1.82, 2.24) is 15.2 Å². The van der Waals surface area contributed by atoms with Crippen LogP contribution in [0.25, 0.3) is 0 Å². The van der Waals surface area contributed by atoms with E-state index in [2.05, 4.69) is 10.9 Å². The first-order valence-electron chi connectivity index (χ1n) is 9.69. The first-order chi connectivity index (χ1) is 14.4. The van der Waals surface area contributed by atoms with Gasteiger partial charge in [-0.3, -0.25) is 20.4 Å². The van der Waals surface area contributed by atoms with Gasteiger partial charge in [-0.25, -0.2) is 8.42 Å². The molecule has 0 spiro atoms. The summed E-state index contributed by atoms with van der Waals surface area (Å²) in [5, 5.41) is 0. The predicted molar refractivity (Wildman–Crippen MR) is 111 cm³/mol. The van der Waals surface area contributed by atoms with E-state index in [1.807, 2.05) is 13.0 Å². The van der Waals surface area contributed by atoms with Crippen LogP contribution < -0.4 is 15.6 Å². The number of nitrogens with zero attached hydrogens (tertiary/aromatic N) is 1. The molecule has 8 nitrogen and oxygen atoms in total. The third-order valence-corrected chi connectivity index (χ3v) is 6.73. The Balaban J connectivity index is 1.51. The average molecular weight is 432 g/mol. The number of benzene rings is 2. The zero-order chi connectivity index (χ0) is 21.6. The highest BCUT2D eigenvalue weighted by molar-refractivity contribution is 7.89. The number of para-hydroxylation sites is 1. The van der Waals surface area contributed by atoms with E-state index in [1.54, 1.807) is 48.5 Å². The van der Waals surface area contributed by atoms with Crippen LogP contribution in [-0.4, -0.2) is 44.2 Å². The van der Waals surface area contributed by atoms with Crippen LogP contribution in [0.1, 0.15) is 18.4 Å². The molecule has 160 valence electrons. The molecule has 1 atom stereocenters. The molecule has 2 aromatic rings. The molecule has 0 aliphatic carbocycles. The molecule has 1 saturated heterocycles. The Bertz CT molecular complexity index is 977. The second kappa shape index (κ2) is 9.73. The van der Waals surface area contributed by atoms with Crippen molar-refractivity contribution < 1.29 is 22.7 Å². The molecule has 3 rings (SSSR count). The summed E-state index contributed by atoms with van der Waals surface area (Å²) in [5.74, 6) is -0.934. The molecule has 30 heavy (non-hydrogen) atoms. The highest BCUT2D eigenvalue weighted by atomic mass is 32.2. The Morgan fingerprint density at radius 3 is 2.47 bits per heavy atom. The van der Waals surface area contributed by atoms with Crippen molar-refractivity contribution in [3.05, 3.63) is 60.2 Å². The van der Waals surface area contributed by atoms with Gasteiger partial charge in [0.15, 0.2) is 6.61 Å². The van der Waals surface area contributed by atoms with Crippen LogP contribution in [0.15, 0.2) is 59.5 Å². The number of sulfonamides is 1. The number of ether oxygens (including phenoxy) is 1. The van der Waals surface area contributed by atoms with Gasteiger partial charge in [-0.05, 0) is 44.0 Å².